The third kappa shape index (κ3) is 2.07. The minimum atomic E-state index is -0.531. The van der Waals surface area contributed by atoms with E-state index in [0.29, 0.717) is 0 Å². The molecule has 1 atom stereocenters. The lowest BCUT2D eigenvalue weighted by atomic mass is 9.74. The molecule has 0 aromatic carbocycles. The Morgan fingerprint density at radius 3 is 2.53 bits per heavy atom. The van der Waals surface area contributed by atoms with Crippen LogP contribution in [0, 0.1) is 5.41 Å². The number of carbonyl (C=O) groups is 1. The van der Waals surface area contributed by atoms with Crippen LogP contribution >= 0.6 is 0 Å². The second-order valence-corrected chi connectivity index (χ2v) is 5.02. The number of likely N-dealkylation sites (tertiary alicyclic amines) is 1. The maximum Gasteiger partial charge on any atom is 0.331 e. The Balaban J connectivity index is 2.93. The highest BCUT2D eigenvalue weighted by Gasteiger charge is 2.49. The van der Waals surface area contributed by atoms with Crippen molar-refractivity contribution in [3.63, 3.8) is 0 Å². The van der Waals surface area contributed by atoms with E-state index in [1.54, 1.807) is 0 Å². The molecule has 1 unspecified atom stereocenters. The second-order valence-electron chi connectivity index (χ2n) is 5.02. The number of nitrogens with zero attached hydrogens (tertiary/aromatic N) is 1. The van der Waals surface area contributed by atoms with Gasteiger partial charge in [0.2, 0.25) is 0 Å². The highest BCUT2D eigenvalue weighted by atomic mass is 16.6. The van der Waals surface area contributed by atoms with Gasteiger partial charge in [-0.05, 0) is 26.8 Å². The normalized spacial score (nSPS) is 30.9. The fourth-order valence-corrected chi connectivity index (χ4v) is 2.17. The van der Waals surface area contributed by atoms with Crippen LogP contribution in [0.4, 0.5) is 0 Å². The van der Waals surface area contributed by atoms with Crippen molar-refractivity contribution in [1.29, 1.82) is 0 Å². The molecule has 3 nitrogen and oxygen atoms in total. The molecule has 3 heteroatoms. The molecule has 0 amide bonds. The first-order chi connectivity index (χ1) is 6.83. The first-order valence-corrected chi connectivity index (χ1v) is 5.40. The van der Waals surface area contributed by atoms with Gasteiger partial charge in [0.05, 0.1) is 0 Å². The van der Waals surface area contributed by atoms with Crippen LogP contribution in [0.15, 0.2) is 12.7 Å². The van der Waals surface area contributed by atoms with Crippen LogP contribution in [-0.2, 0) is 9.53 Å². The molecule has 1 aliphatic heterocycles. The molecule has 1 heterocycles. The zero-order chi connectivity index (χ0) is 11.7. The van der Waals surface area contributed by atoms with Crippen molar-refractivity contribution in [2.45, 2.75) is 39.3 Å². The van der Waals surface area contributed by atoms with Crippen LogP contribution < -0.4 is 0 Å². The van der Waals surface area contributed by atoms with Crippen molar-refractivity contribution in [1.82, 2.24) is 4.90 Å². The van der Waals surface area contributed by atoms with Crippen LogP contribution in [0.3, 0.4) is 0 Å². The fraction of sp³-hybridized carbons (Fsp3) is 0.750. The van der Waals surface area contributed by atoms with E-state index in [0.717, 1.165) is 19.4 Å². The van der Waals surface area contributed by atoms with E-state index in [1.165, 1.54) is 6.08 Å². The Bertz CT molecular complexity index is 273. The monoisotopic (exact) mass is 211 g/mol. The lowest BCUT2D eigenvalue weighted by Gasteiger charge is -2.52. The van der Waals surface area contributed by atoms with Gasteiger partial charge in [-0.3, -0.25) is 4.90 Å². The third-order valence-electron chi connectivity index (χ3n) is 3.75. The molecule has 0 aliphatic carbocycles. The highest BCUT2D eigenvalue weighted by molar-refractivity contribution is 5.81. The van der Waals surface area contributed by atoms with Crippen LogP contribution in [0.25, 0.3) is 0 Å². The third-order valence-corrected chi connectivity index (χ3v) is 3.75. The Labute approximate surface area is 92.1 Å². The first kappa shape index (κ1) is 12.2. The summed E-state index contributed by atoms with van der Waals surface area (Å²) in [6.45, 7) is 10.7. The summed E-state index contributed by atoms with van der Waals surface area (Å²) in [6.07, 6.45) is 3.44. The first-order valence-electron chi connectivity index (χ1n) is 5.40. The number of rotatable bonds is 2. The minimum Gasteiger partial charge on any atom is -0.440 e. The van der Waals surface area contributed by atoms with Gasteiger partial charge in [-0.1, -0.05) is 20.4 Å². The lowest BCUT2D eigenvalue weighted by Crippen LogP contribution is -2.60. The minimum absolute atomic E-state index is 0.0291. The summed E-state index contributed by atoms with van der Waals surface area (Å²) in [4.78, 5) is 13.5. The van der Waals surface area contributed by atoms with Crippen LogP contribution in [0.1, 0.15) is 33.6 Å². The van der Waals surface area contributed by atoms with Gasteiger partial charge in [-0.15, -0.1) is 0 Å². The Morgan fingerprint density at radius 2 is 2.07 bits per heavy atom. The smallest absolute Gasteiger partial charge is 0.331 e. The van der Waals surface area contributed by atoms with E-state index in [2.05, 4.69) is 25.3 Å². The van der Waals surface area contributed by atoms with E-state index >= 15 is 0 Å². The number of hydrogen-bond acceptors (Lipinski definition) is 3. The predicted molar refractivity (Wildman–Crippen MR) is 60.3 cm³/mol. The summed E-state index contributed by atoms with van der Waals surface area (Å²) in [5.41, 5.74) is -0.560. The average Bonchev–Trinajstić information content (AvgIpc) is 2.14. The molecule has 0 bridgehead atoms. The van der Waals surface area contributed by atoms with Crippen LogP contribution in [0.2, 0.25) is 0 Å². The van der Waals surface area contributed by atoms with Gasteiger partial charge < -0.3 is 4.74 Å². The molecule has 0 spiro atoms. The summed E-state index contributed by atoms with van der Waals surface area (Å²) >= 11 is 0. The molecule has 1 saturated heterocycles. The molecule has 15 heavy (non-hydrogen) atoms. The number of hydrogen-bond donors (Lipinski definition) is 0. The number of piperidine rings is 1. The van der Waals surface area contributed by atoms with Gasteiger partial charge in [-0.2, -0.15) is 0 Å². The summed E-state index contributed by atoms with van der Waals surface area (Å²) in [5, 5.41) is 0. The van der Waals surface area contributed by atoms with E-state index in [1.807, 2.05) is 14.0 Å². The van der Waals surface area contributed by atoms with E-state index in [9.17, 15) is 4.79 Å². The quantitative estimate of drug-likeness (QED) is 0.518. The van der Waals surface area contributed by atoms with Gasteiger partial charge in [0.25, 0.3) is 0 Å². The van der Waals surface area contributed by atoms with Gasteiger partial charge in [0, 0.05) is 18.0 Å². The standard InChI is InChI=1S/C12H21NO2/c1-6-10(14)15-12(4)11(2,3)8-7-9-13(12)5/h6H,1,7-9H2,2-5H3. The predicted octanol–water partition coefficient (Wildman–Crippen LogP) is 2.18. The average molecular weight is 211 g/mol. The number of ether oxygens (including phenoxy) is 1. The van der Waals surface area contributed by atoms with E-state index < -0.39 is 5.72 Å². The molecule has 1 rings (SSSR count). The second kappa shape index (κ2) is 3.97. The zero-order valence-electron chi connectivity index (χ0n) is 10.2. The van der Waals surface area contributed by atoms with Gasteiger partial charge >= 0.3 is 5.97 Å². The fourth-order valence-electron chi connectivity index (χ4n) is 2.17. The Kier molecular flexibility index (Phi) is 3.24. The summed E-state index contributed by atoms with van der Waals surface area (Å²) in [6, 6.07) is 0. The molecule has 0 saturated carbocycles. The van der Waals surface area contributed by atoms with Crippen molar-refractivity contribution in [3.8, 4) is 0 Å². The van der Waals surface area contributed by atoms with E-state index in [-0.39, 0.29) is 11.4 Å². The molecule has 0 radical (unpaired) electrons. The van der Waals surface area contributed by atoms with Crippen molar-refractivity contribution in [2.24, 2.45) is 5.41 Å². The molecule has 86 valence electrons. The zero-order valence-corrected chi connectivity index (χ0v) is 10.2. The summed E-state index contributed by atoms with van der Waals surface area (Å²) in [5.74, 6) is -0.348. The maximum atomic E-state index is 11.4. The molecular weight excluding hydrogens is 190 g/mol. The van der Waals surface area contributed by atoms with Crippen molar-refractivity contribution >= 4 is 5.97 Å². The molecule has 1 aliphatic rings. The molecule has 1 fully saturated rings. The van der Waals surface area contributed by atoms with Crippen LogP contribution in [-0.4, -0.2) is 30.2 Å². The van der Waals surface area contributed by atoms with Crippen LogP contribution in [0.5, 0.6) is 0 Å². The lowest BCUT2D eigenvalue weighted by molar-refractivity contribution is -0.215. The Hall–Kier alpha value is -0.830. The van der Waals surface area contributed by atoms with Gasteiger partial charge in [0.15, 0.2) is 5.72 Å². The van der Waals surface area contributed by atoms with Crippen molar-refractivity contribution in [3.05, 3.63) is 12.7 Å². The molecule has 0 aromatic rings. The SMILES string of the molecule is C=CC(=O)OC1(C)N(C)CCCC1(C)C. The summed E-state index contributed by atoms with van der Waals surface area (Å²) < 4.78 is 5.52. The van der Waals surface area contributed by atoms with E-state index in [4.69, 9.17) is 4.74 Å². The number of carbonyl (C=O) groups excluding carboxylic acids is 1. The molecular formula is C12H21NO2. The van der Waals surface area contributed by atoms with Crippen molar-refractivity contribution in [2.75, 3.05) is 13.6 Å². The molecule has 0 N–H and O–H groups in total. The Morgan fingerprint density at radius 1 is 1.47 bits per heavy atom. The largest absolute Gasteiger partial charge is 0.440 e. The maximum absolute atomic E-state index is 11.4. The molecule has 0 aromatic heterocycles. The van der Waals surface area contributed by atoms with Gasteiger partial charge in [-0.25, -0.2) is 4.79 Å². The highest BCUT2D eigenvalue weighted by Crippen LogP contribution is 2.43. The summed E-state index contributed by atoms with van der Waals surface area (Å²) in [7, 11) is 2.00. The topological polar surface area (TPSA) is 29.5 Å². The van der Waals surface area contributed by atoms with Crippen molar-refractivity contribution < 1.29 is 9.53 Å². The van der Waals surface area contributed by atoms with Gasteiger partial charge in [0.1, 0.15) is 0 Å². The number of esters is 1.